The van der Waals surface area contributed by atoms with E-state index in [0.29, 0.717) is 0 Å². The number of hydrogen-bond donors (Lipinski definition) is 0. The molecular weight excluding hydrogens is 253 g/mol. The van der Waals surface area contributed by atoms with Crippen molar-refractivity contribution in [1.82, 2.24) is 0 Å². The standard InChI is InChI=1S/C15H18Ge/c1-11-7-8-12-5-4-6-13-9-16(2,3)10-14(11)15(12)13/h4-8H,9-10H2,1-3H3. The van der Waals surface area contributed by atoms with Crippen molar-refractivity contribution in [2.75, 3.05) is 0 Å². The fourth-order valence-electron chi connectivity index (χ4n) is 3.07. The molecule has 1 aliphatic heterocycles. The molecule has 0 radical (unpaired) electrons. The molecule has 82 valence electrons. The Hall–Kier alpha value is -0.757. The third kappa shape index (κ3) is 1.51. The van der Waals surface area contributed by atoms with Crippen LogP contribution in [-0.4, -0.2) is 13.3 Å². The zero-order valence-corrected chi connectivity index (χ0v) is 12.4. The number of aryl methyl sites for hydroxylation is 1. The van der Waals surface area contributed by atoms with Crippen LogP contribution in [0, 0.1) is 6.92 Å². The van der Waals surface area contributed by atoms with Crippen LogP contribution in [-0.2, 0) is 10.5 Å². The third-order valence-corrected chi connectivity index (χ3v) is 9.36. The van der Waals surface area contributed by atoms with Crippen LogP contribution < -0.4 is 0 Å². The van der Waals surface area contributed by atoms with Gasteiger partial charge in [-0.05, 0) is 0 Å². The first-order valence-corrected chi connectivity index (χ1v) is 13.2. The molecule has 0 fully saturated rings. The molecule has 0 saturated heterocycles. The molecule has 0 amide bonds. The van der Waals surface area contributed by atoms with Gasteiger partial charge in [0.1, 0.15) is 0 Å². The van der Waals surface area contributed by atoms with Crippen molar-refractivity contribution >= 4 is 24.0 Å². The van der Waals surface area contributed by atoms with E-state index in [0.717, 1.165) is 0 Å². The quantitative estimate of drug-likeness (QED) is 0.634. The Morgan fingerprint density at radius 2 is 1.81 bits per heavy atom. The zero-order valence-electron chi connectivity index (χ0n) is 10.3. The number of benzene rings is 2. The van der Waals surface area contributed by atoms with Gasteiger partial charge in [0, 0.05) is 0 Å². The van der Waals surface area contributed by atoms with Crippen molar-refractivity contribution in [2.45, 2.75) is 28.9 Å². The van der Waals surface area contributed by atoms with Crippen LogP contribution >= 0.6 is 0 Å². The van der Waals surface area contributed by atoms with Crippen molar-refractivity contribution in [3.05, 3.63) is 47.0 Å². The van der Waals surface area contributed by atoms with E-state index in [2.05, 4.69) is 48.8 Å². The second-order valence-corrected chi connectivity index (χ2v) is 16.5. The van der Waals surface area contributed by atoms with Crippen LogP contribution in [0.2, 0.25) is 11.5 Å². The van der Waals surface area contributed by atoms with Gasteiger partial charge in [0.05, 0.1) is 0 Å². The Morgan fingerprint density at radius 3 is 2.62 bits per heavy atom. The summed E-state index contributed by atoms with van der Waals surface area (Å²) in [6.45, 7) is 2.27. The number of hydrogen-bond acceptors (Lipinski definition) is 0. The molecule has 1 heteroatoms. The topological polar surface area (TPSA) is 0 Å². The fraction of sp³-hybridized carbons (Fsp3) is 0.333. The Bertz CT molecular complexity index is 567. The molecule has 2 aromatic carbocycles. The van der Waals surface area contributed by atoms with Gasteiger partial charge in [-0.1, -0.05) is 0 Å². The normalized spacial score (nSPS) is 17.7. The molecule has 1 heterocycles. The van der Waals surface area contributed by atoms with E-state index in [4.69, 9.17) is 0 Å². The summed E-state index contributed by atoms with van der Waals surface area (Å²) >= 11 is -1.56. The molecule has 0 aliphatic carbocycles. The molecule has 0 unspecified atom stereocenters. The summed E-state index contributed by atoms with van der Waals surface area (Å²) in [6, 6.07) is 11.4. The van der Waals surface area contributed by atoms with E-state index in [1.165, 1.54) is 21.5 Å². The van der Waals surface area contributed by atoms with Crippen LogP contribution in [0.1, 0.15) is 16.7 Å². The second-order valence-electron chi connectivity index (χ2n) is 5.89. The van der Waals surface area contributed by atoms with Crippen LogP contribution in [0.5, 0.6) is 0 Å². The van der Waals surface area contributed by atoms with Crippen molar-refractivity contribution in [2.24, 2.45) is 0 Å². The van der Waals surface area contributed by atoms with Gasteiger partial charge in [0.15, 0.2) is 0 Å². The van der Waals surface area contributed by atoms with E-state index in [1.807, 2.05) is 0 Å². The van der Waals surface area contributed by atoms with E-state index in [9.17, 15) is 0 Å². The number of rotatable bonds is 0. The summed E-state index contributed by atoms with van der Waals surface area (Å²) in [4.78, 5) is 0. The fourth-order valence-corrected chi connectivity index (χ4v) is 9.08. The Kier molecular flexibility index (Phi) is 2.19. The van der Waals surface area contributed by atoms with E-state index in [-0.39, 0.29) is 0 Å². The molecule has 16 heavy (non-hydrogen) atoms. The maximum absolute atomic E-state index is 2.56. The Balaban J connectivity index is 2.40. The van der Waals surface area contributed by atoms with Gasteiger partial charge in [-0.25, -0.2) is 0 Å². The van der Waals surface area contributed by atoms with Crippen LogP contribution in [0.4, 0.5) is 0 Å². The van der Waals surface area contributed by atoms with Gasteiger partial charge in [-0.2, -0.15) is 0 Å². The molecule has 0 bridgehead atoms. The van der Waals surface area contributed by atoms with Crippen molar-refractivity contribution in [3.8, 4) is 0 Å². The summed E-state index contributed by atoms with van der Waals surface area (Å²) in [5, 5.41) is 5.82. The van der Waals surface area contributed by atoms with Gasteiger partial charge < -0.3 is 0 Å². The molecule has 0 aromatic heterocycles. The van der Waals surface area contributed by atoms with Gasteiger partial charge in [0.25, 0.3) is 0 Å². The summed E-state index contributed by atoms with van der Waals surface area (Å²) in [6.07, 6.45) is 0. The van der Waals surface area contributed by atoms with E-state index in [1.54, 1.807) is 16.5 Å². The van der Waals surface area contributed by atoms with Gasteiger partial charge in [-0.3, -0.25) is 0 Å². The molecular formula is C15H18Ge. The molecule has 0 spiro atoms. The summed E-state index contributed by atoms with van der Waals surface area (Å²) in [7, 11) is 0. The molecule has 0 atom stereocenters. The van der Waals surface area contributed by atoms with Crippen molar-refractivity contribution < 1.29 is 0 Å². The minimum absolute atomic E-state index is 1.40. The third-order valence-electron chi connectivity index (χ3n) is 3.80. The van der Waals surface area contributed by atoms with Gasteiger partial charge in [0.2, 0.25) is 0 Å². The molecule has 3 rings (SSSR count). The Labute approximate surface area is 100 Å². The summed E-state index contributed by atoms with van der Waals surface area (Å²) < 4.78 is 0. The summed E-state index contributed by atoms with van der Waals surface area (Å²) in [5.74, 6) is 5.13. The monoisotopic (exact) mass is 272 g/mol. The average Bonchev–Trinajstić information content (AvgIpc) is 2.21. The average molecular weight is 271 g/mol. The maximum atomic E-state index is 2.56. The zero-order chi connectivity index (χ0) is 11.3. The minimum atomic E-state index is -1.56. The first-order chi connectivity index (χ1) is 7.57. The predicted octanol–water partition coefficient (Wildman–Crippen LogP) is 4.03. The predicted molar refractivity (Wildman–Crippen MR) is 73.6 cm³/mol. The molecule has 2 aromatic rings. The van der Waals surface area contributed by atoms with Crippen LogP contribution in [0.25, 0.3) is 10.8 Å². The second kappa shape index (κ2) is 3.37. The first-order valence-electron chi connectivity index (χ1n) is 6.07. The molecule has 0 saturated carbocycles. The van der Waals surface area contributed by atoms with Crippen molar-refractivity contribution in [3.63, 3.8) is 0 Å². The van der Waals surface area contributed by atoms with Crippen molar-refractivity contribution in [1.29, 1.82) is 0 Å². The van der Waals surface area contributed by atoms with Gasteiger partial charge >= 0.3 is 100 Å². The van der Waals surface area contributed by atoms with Crippen LogP contribution in [0.3, 0.4) is 0 Å². The Morgan fingerprint density at radius 1 is 1.00 bits per heavy atom. The SMILES string of the molecule is Cc1ccc2cccc3c2c1[CH2][Ge]([CH3])([CH3])[CH2]3. The van der Waals surface area contributed by atoms with E-state index >= 15 is 0 Å². The first kappa shape index (κ1) is 10.4. The van der Waals surface area contributed by atoms with Crippen LogP contribution in [0.15, 0.2) is 30.3 Å². The molecule has 0 N–H and O–H groups in total. The van der Waals surface area contributed by atoms with Gasteiger partial charge in [-0.15, -0.1) is 0 Å². The molecule has 0 nitrogen and oxygen atoms in total. The molecule has 1 aliphatic rings. The summed E-state index contributed by atoms with van der Waals surface area (Å²) in [5.41, 5.74) is 4.77. The van der Waals surface area contributed by atoms with E-state index < -0.39 is 13.3 Å².